The van der Waals surface area contributed by atoms with Gasteiger partial charge in [-0.05, 0) is 24.3 Å². The molecule has 0 aliphatic carbocycles. The van der Waals surface area contributed by atoms with Gasteiger partial charge < -0.3 is 10.2 Å². The monoisotopic (exact) mass is 319 g/mol. The van der Waals surface area contributed by atoms with Crippen LogP contribution in [0.25, 0.3) is 5.65 Å². The molecule has 0 aliphatic heterocycles. The van der Waals surface area contributed by atoms with Crippen LogP contribution in [0.3, 0.4) is 0 Å². The van der Waals surface area contributed by atoms with Gasteiger partial charge in [-0.3, -0.25) is 4.40 Å². The zero-order chi connectivity index (χ0) is 13.2. The fourth-order valence-corrected chi connectivity index (χ4v) is 1.92. The van der Waals surface area contributed by atoms with E-state index in [2.05, 4.69) is 31.3 Å². The van der Waals surface area contributed by atoms with Crippen molar-refractivity contribution in [1.29, 1.82) is 0 Å². The average Bonchev–Trinajstić information content (AvgIpc) is 2.89. The summed E-state index contributed by atoms with van der Waals surface area (Å²) >= 11 is 3.37. The lowest BCUT2D eigenvalue weighted by atomic mass is 10.3. The second-order valence-corrected chi connectivity index (χ2v) is 4.71. The molecule has 0 amide bonds. The van der Waals surface area contributed by atoms with Crippen LogP contribution >= 0.6 is 15.9 Å². The Bertz CT molecular complexity index is 710. The number of nitrogens with one attached hydrogen (secondary N) is 1. The lowest BCUT2D eigenvalue weighted by Crippen LogP contribution is -2.10. The number of nitrogen functional groups attached to an aromatic ring is 1. The molecule has 6 nitrogen and oxygen atoms in total. The number of hydrazine groups is 1. The van der Waals surface area contributed by atoms with Gasteiger partial charge in [0, 0.05) is 16.9 Å². The van der Waals surface area contributed by atoms with Crippen molar-refractivity contribution in [3.8, 4) is 11.6 Å². The van der Waals surface area contributed by atoms with E-state index in [1.807, 2.05) is 24.3 Å². The topological polar surface area (TPSA) is 77.5 Å². The Morgan fingerprint density at radius 2 is 2.05 bits per heavy atom. The van der Waals surface area contributed by atoms with Crippen molar-refractivity contribution in [1.82, 2.24) is 14.4 Å². The molecule has 3 rings (SSSR count). The first kappa shape index (κ1) is 11.9. The molecule has 0 spiro atoms. The SMILES string of the molecule is NNc1cn2ccnc2c(Oc2ccc(Br)cc2)n1. The maximum absolute atomic E-state index is 5.74. The van der Waals surface area contributed by atoms with Crippen molar-refractivity contribution >= 4 is 27.4 Å². The Morgan fingerprint density at radius 1 is 1.26 bits per heavy atom. The molecule has 2 heterocycles. The zero-order valence-corrected chi connectivity index (χ0v) is 11.3. The van der Waals surface area contributed by atoms with E-state index in [-0.39, 0.29) is 0 Å². The molecular weight excluding hydrogens is 310 g/mol. The molecule has 3 N–H and O–H groups in total. The van der Waals surface area contributed by atoms with Gasteiger partial charge in [0.1, 0.15) is 5.75 Å². The summed E-state index contributed by atoms with van der Waals surface area (Å²) in [6, 6.07) is 7.47. The van der Waals surface area contributed by atoms with Gasteiger partial charge in [0.2, 0.25) is 5.65 Å². The van der Waals surface area contributed by atoms with Crippen LogP contribution in [0, 0.1) is 0 Å². The van der Waals surface area contributed by atoms with Gasteiger partial charge in [-0.25, -0.2) is 10.8 Å². The molecule has 0 unspecified atom stereocenters. The summed E-state index contributed by atoms with van der Waals surface area (Å²) in [7, 11) is 0. The first-order valence-electron chi connectivity index (χ1n) is 5.50. The highest BCUT2D eigenvalue weighted by molar-refractivity contribution is 9.10. The fourth-order valence-electron chi connectivity index (χ4n) is 1.66. The fraction of sp³-hybridized carbons (Fsp3) is 0. The second-order valence-electron chi connectivity index (χ2n) is 3.79. The van der Waals surface area contributed by atoms with Gasteiger partial charge in [-0.1, -0.05) is 15.9 Å². The van der Waals surface area contributed by atoms with E-state index in [9.17, 15) is 0 Å². The number of benzene rings is 1. The predicted octanol–water partition coefficient (Wildman–Crippen LogP) is 2.57. The number of aromatic nitrogens is 3. The van der Waals surface area contributed by atoms with Crippen LogP contribution in [0.2, 0.25) is 0 Å². The number of ether oxygens (including phenoxy) is 1. The summed E-state index contributed by atoms with van der Waals surface area (Å²) in [4.78, 5) is 8.46. The molecule has 96 valence electrons. The largest absolute Gasteiger partial charge is 0.436 e. The third kappa shape index (κ3) is 2.38. The van der Waals surface area contributed by atoms with Gasteiger partial charge in [0.15, 0.2) is 5.82 Å². The number of nitrogens with zero attached hydrogens (tertiary/aromatic N) is 3. The number of halogens is 1. The highest BCUT2D eigenvalue weighted by atomic mass is 79.9. The van der Waals surface area contributed by atoms with Crippen LogP contribution in [0.15, 0.2) is 47.3 Å². The van der Waals surface area contributed by atoms with Crippen molar-refractivity contribution in [2.24, 2.45) is 5.84 Å². The van der Waals surface area contributed by atoms with Gasteiger partial charge in [0.25, 0.3) is 5.88 Å². The van der Waals surface area contributed by atoms with Crippen LogP contribution in [-0.4, -0.2) is 14.4 Å². The van der Waals surface area contributed by atoms with Crippen LogP contribution in [-0.2, 0) is 0 Å². The van der Waals surface area contributed by atoms with Crippen molar-refractivity contribution in [2.75, 3.05) is 5.43 Å². The van der Waals surface area contributed by atoms with E-state index in [4.69, 9.17) is 10.6 Å². The standard InChI is InChI=1S/C12H10BrN5O/c13-8-1-3-9(4-2-8)19-12-11-15-5-6-18(11)7-10(16-12)17-14/h1-7,17H,14H2. The van der Waals surface area contributed by atoms with Crippen LogP contribution in [0.5, 0.6) is 11.6 Å². The van der Waals surface area contributed by atoms with E-state index in [1.165, 1.54) is 0 Å². The van der Waals surface area contributed by atoms with Crippen LogP contribution in [0.4, 0.5) is 5.82 Å². The number of fused-ring (bicyclic) bond motifs is 1. The maximum Gasteiger partial charge on any atom is 0.265 e. The molecule has 0 saturated heterocycles. The molecule has 0 radical (unpaired) electrons. The number of hydrogen-bond donors (Lipinski definition) is 2. The van der Waals surface area contributed by atoms with Crippen molar-refractivity contribution in [3.63, 3.8) is 0 Å². The molecule has 2 aromatic heterocycles. The summed E-state index contributed by atoms with van der Waals surface area (Å²) in [6.45, 7) is 0. The second kappa shape index (κ2) is 4.87. The highest BCUT2D eigenvalue weighted by Crippen LogP contribution is 2.25. The quantitative estimate of drug-likeness (QED) is 0.573. The van der Waals surface area contributed by atoms with E-state index in [0.717, 1.165) is 4.47 Å². The minimum atomic E-state index is 0.391. The van der Waals surface area contributed by atoms with Gasteiger partial charge in [-0.15, -0.1) is 0 Å². The van der Waals surface area contributed by atoms with Gasteiger partial charge in [-0.2, -0.15) is 4.98 Å². The minimum Gasteiger partial charge on any atom is -0.436 e. The molecular formula is C12H10BrN5O. The molecule has 3 aromatic rings. The summed E-state index contributed by atoms with van der Waals surface area (Å²) in [5.74, 6) is 6.95. The third-order valence-corrected chi connectivity index (χ3v) is 3.05. The number of imidazole rings is 1. The summed E-state index contributed by atoms with van der Waals surface area (Å²) in [5.41, 5.74) is 3.12. The average molecular weight is 320 g/mol. The Balaban J connectivity index is 2.03. The molecule has 0 atom stereocenters. The van der Waals surface area contributed by atoms with Crippen molar-refractivity contribution in [2.45, 2.75) is 0 Å². The lowest BCUT2D eigenvalue weighted by Gasteiger charge is -2.08. The Hall–Kier alpha value is -2.12. The number of hydrogen-bond acceptors (Lipinski definition) is 5. The molecule has 0 aliphatic rings. The maximum atomic E-state index is 5.74. The van der Waals surface area contributed by atoms with Crippen molar-refractivity contribution < 1.29 is 4.74 Å². The number of nitrogens with two attached hydrogens (primary N) is 1. The molecule has 1 aromatic carbocycles. The van der Waals surface area contributed by atoms with Crippen LogP contribution < -0.4 is 16.0 Å². The minimum absolute atomic E-state index is 0.391. The van der Waals surface area contributed by atoms with Gasteiger partial charge in [0.05, 0.1) is 6.20 Å². The summed E-state index contributed by atoms with van der Waals surface area (Å²) in [5, 5.41) is 0. The first-order valence-corrected chi connectivity index (χ1v) is 6.29. The first-order chi connectivity index (χ1) is 9.26. The van der Waals surface area contributed by atoms with E-state index >= 15 is 0 Å². The Kier molecular flexibility index (Phi) is 3.06. The zero-order valence-electron chi connectivity index (χ0n) is 9.75. The smallest absolute Gasteiger partial charge is 0.265 e. The molecule has 0 fully saturated rings. The Morgan fingerprint density at radius 3 is 2.79 bits per heavy atom. The summed E-state index contributed by atoms with van der Waals surface area (Å²) < 4.78 is 8.51. The van der Waals surface area contributed by atoms with Gasteiger partial charge >= 0.3 is 0 Å². The molecule has 0 bridgehead atoms. The normalized spacial score (nSPS) is 10.6. The van der Waals surface area contributed by atoms with Crippen LogP contribution in [0.1, 0.15) is 0 Å². The molecule has 7 heteroatoms. The molecule has 19 heavy (non-hydrogen) atoms. The highest BCUT2D eigenvalue weighted by Gasteiger charge is 2.09. The number of rotatable bonds is 3. The number of anilines is 1. The predicted molar refractivity (Wildman–Crippen MR) is 75.0 cm³/mol. The van der Waals surface area contributed by atoms with E-state index < -0.39 is 0 Å². The third-order valence-electron chi connectivity index (χ3n) is 2.52. The molecule has 0 saturated carbocycles. The Labute approximate surface area is 117 Å². The van der Waals surface area contributed by atoms with E-state index in [0.29, 0.717) is 23.1 Å². The van der Waals surface area contributed by atoms with E-state index in [1.54, 1.807) is 23.0 Å². The lowest BCUT2D eigenvalue weighted by molar-refractivity contribution is 0.465. The summed E-state index contributed by atoms with van der Waals surface area (Å²) in [6.07, 6.45) is 5.20. The van der Waals surface area contributed by atoms with Crippen molar-refractivity contribution in [3.05, 3.63) is 47.3 Å².